The zero-order valence-corrected chi connectivity index (χ0v) is 13.2. The lowest BCUT2D eigenvalue weighted by molar-refractivity contribution is -0.127. The molecule has 3 nitrogen and oxygen atoms in total. The summed E-state index contributed by atoms with van der Waals surface area (Å²) in [6.07, 6.45) is 5.97. The number of nitrogens with one attached hydrogen (secondary N) is 1. The van der Waals surface area contributed by atoms with Crippen LogP contribution in [-0.4, -0.2) is 36.5 Å². The van der Waals surface area contributed by atoms with Gasteiger partial charge in [-0.05, 0) is 42.8 Å². The van der Waals surface area contributed by atoms with Crippen LogP contribution < -0.4 is 5.32 Å². The summed E-state index contributed by atoms with van der Waals surface area (Å²) in [6.45, 7) is 7.11. The number of hydrogen-bond donors (Lipinski definition) is 1. The molecule has 2 heterocycles. The van der Waals surface area contributed by atoms with Crippen LogP contribution in [0.2, 0.25) is 0 Å². The van der Waals surface area contributed by atoms with Crippen LogP contribution in [0.5, 0.6) is 0 Å². The van der Waals surface area contributed by atoms with Gasteiger partial charge >= 0.3 is 0 Å². The van der Waals surface area contributed by atoms with Crippen molar-refractivity contribution in [2.75, 3.05) is 19.6 Å². The van der Waals surface area contributed by atoms with Crippen LogP contribution in [0.3, 0.4) is 0 Å². The third-order valence-corrected chi connectivity index (χ3v) is 4.42. The van der Waals surface area contributed by atoms with Gasteiger partial charge in [-0.25, -0.2) is 0 Å². The Morgan fingerprint density at radius 1 is 1.60 bits per heavy atom. The molecule has 1 aliphatic heterocycles. The van der Waals surface area contributed by atoms with E-state index in [1.807, 2.05) is 28.5 Å². The molecular weight excluding hydrogens is 268 g/mol. The first kappa shape index (κ1) is 15.3. The monoisotopic (exact) mass is 292 g/mol. The van der Waals surface area contributed by atoms with Gasteiger partial charge in [0.05, 0.1) is 0 Å². The van der Waals surface area contributed by atoms with Gasteiger partial charge in [0.1, 0.15) is 0 Å². The van der Waals surface area contributed by atoms with E-state index in [2.05, 4.69) is 19.2 Å². The molecule has 0 aliphatic carbocycles. The minimum atomic E-state index is 0.146. The first-order valence-corrected chi connectivity index (χ1v) is 8.27. The number of thiophene rings is 1. The Morgan fingerprint density at radius 2 is 2.45 bits per heavy atom. The molecule has 110 valence electrons. The molecule has 1 aromatic heterocycles. The summed E-state index contributed by atoms with van der Waals surface area (Å²) in [5.74, 6) is 0.734. The van der Waals surface area contributed by atoms with E-state index in [0.717, 1.165) is 30.9 Å². The van der Waals surface area contributed by atoms with E-state index < -0.39 is 0 Å². The Labute approximate surface area is 125 Å². The lowest BCUT2D eigenvalue weighted by atomic mass is 9.97. The fourth-order valence-corrected chi connectivity index (χ4v) is 3.10. The molecule has 4 heteroatoms. The SMILES string of the molecule is CC(C)NCC1CCCN(C(=O)C=Cc2cccs2)C1. The van der Waals surface area contributed by atoms with E-state index in [0.29, 0.717) is 12.0 Å². The molecule has 2 rings (SSSR count). The summed E-state index contributed by atoms with van der Waals surface area (Å²) in [7, 11) is 0. The number of hydrogen-bond acceptors (Lipinski definition) is 3. The van der Waals surface area contributed by atoms with Crippen molar-refractivity contribution in [2.24, 2.45) is 5.92 Å². The highest BCUT2D eigenvalue weighted by Crippen LogP contribution is 2.17. The van der Waals surface area contributed by atoms with Crippen molar-refractivity contribution in [3.63, 3.8) is 0 Å². The predicted octanol–water partition coefficient (Wildman–Crippen LogP) is 3.00. The van der Waals surface area contributed by atoms with Crippen LogP contribution in [0.15, 0.2) is 23.6 Å². The molecule has 1 saturated heterocycles. The smallest absolute Gasteiger partial charge is 0.246 e. The molecule has 0 aromatic carbocycles. The van der Waals surface area contributed by atoms with Gasteiger partial charge in [-0.2, -0.15) is 0 Å². The van der Waals surface area contributed by atoms with Crippen molar-refractivity contribution in [3.8, 4) is 0 Å². The van der Waals surface area contributed by atoms with Crippen molar-refractivity contribution in [2.45, 2.75) is 32.7 Å². The van der Waals surface area contributed by atoms with Crippen molar-refractivity contribution < 1.29 is 4.79 Å². The summed E-state index contributed by atoms with van der Waals surface area (Å²) in [5.41, 5.74) is 0. The standard InChI is InChI=1S/C16H24N2OS/c1-13(2)17-11-14-5-3-9-18(12-14)16(19)8-7-15-6-4-10-20-15/h4,6-8,10,13-14,17H,3,5,9,11-12H2,1-2H3. The second kappa shape index (κ2) is 7.60. The summed E-state index contributed by atoms with van der Waals surface area (Å²) in [5, 5.41) is 5.50. The molecular formula is C16H24N2OS. The highest BCUT2D eigenvalue weighted by Gasteiger charge is 2.22. The Hall–Kier alpha value is -1.13. The van der Waals surface area contributed by atoms with Crippen molar-refractivity contribution in [1.29, 1.82) is 0 Å². The lowest BCUT2D eigenvalue weighted by Crippen LogP contribution is -2.43. The normalized spacial score (nSPS) is 19.9. The fraction of sp³-hybridized carbons (Fsp3) is 0.562. The Balaban J connectivity index is 1.83. The number of likely N-dealkylation sites (tertiary alicyclic amines) is 1. The van der Waals surface area contributed by atoms with Crippen LogP contribution >= 0.6 is 11.3 Å². The van der Waals surface area contributed by atoms with Crippen LogP contribution in [0.25, 0.3) is 6.08 Å². The third-order valence-electron chi connectivity index (χ3n) is 3.58. The average molecular weight is 292 g/mol. The fourth-order valence-electron chi connectivity index (χ4n) is 2.48. The number of nitrogens with zero attached hydrogens (tertiary/aromatic N) is 1. The zero-order chi connectivity index (χ0) is 14.4. The van der Waals surface area contributed by atoms with E-state index in [4.69, 9.17) is 0 Å². The molecule has 1 atom stereocenters. The largest absolute Gasteiger partial charge is 0.339 e. The van der Waals surface area contributed by atoms with Gasteiger partial charge in [0.15, 0.2) is 0 Å². The van der Waals surface area contributed by atoms with Gasteiger partial charge < -0.3 is 10.2 Å². The lowest BCUT2D eigenvalue weighted by Gasteiger charge is -2.32. The van der Waals surface area contributed by atoms with E-state index in [9.17, 15) is 4.79 Å². The maximum absolute atomic E-state index is 12.2. The van der Waals surface area contributed by atoms with E-state index in [1.54, 1.807) is 17.4 Å². The molecule has 1 fully saturated rings. The van der Waals surface area contributed by atoms with Crippen molar-refractivity contribution in [1.82, 2.24) is 10.2 Å². The molecule has 0 spiro atoms. The molecule has 20 heavy (non-hydrogen) atoms. The molecule has 0 radical (unpaired) electrons. The minimum Gasteiger partial charge on any atom is -0.339 e. The Kier molecular flexibility index (Phi) is 5.80. The maximum Gasteiger partial charge on any atom is 0.246 e. The number of carbonyl (C=O) groups is 1. The Morgan fingerprint density at radius 3 is 3.15 bits per heavy atom. The van der Waals surface area contributed by atoms with Gasteiger partial charge in [-0.3, -0.25) is 4.79 Å². The zero-order valence-electron chi connectivity index (χ0n) is 12.3. The third kappa shape index (κ3) is 4.76. The number of amides is 1. The van der Waals surface area contributed by atoms with Crippen LogP contribution in [-0.2, 0) is 4.79 Å². The average Bonchev–Trinajstić information content (AvgIpc) is 2.96. The molecule has 1 aromatic rings. The van der Waals surface area contributed by atoms with Gasteiger partial charge in [-0.15, -0.1) is 11.3 Å². The summed E-state index contributed by atoms with van der Waals surface area (Å²) in [6, 6.07) is 4.54. The second-order valence-electron chi connectivity index (χ2n) is 5.70. The Bertz CT molecular complexity index is 439. The molecule has 1 amide bonds. The van der Waals surface area contributed by atoms with Crippen molar-refractivity contribution >= 4 is 23.3 Å². The van der Waals surface area contributed by atoms with Crippen molar-refractivity contribution in [3.05, 3.63) is 28.5 Å². The summed E-state index contributed by atoms with van der Waals surface area (Å²) >= 11 is 1.66. The van der Waals surface area contributed by atoms with Crippen LogP contribution in [0, 0.1) is 5.92 Å². The van der Waals surface area contributed by atoms with E-state index in [-0.39, 0.29) is 5.91 Å². The predicted molar refractivity (Wildman–Crippen MR) is 85.8 cm³/mol. The van der Waals surface area contributed by atoms with Gasteiger partial charge in [-0.1, -0.05) is 19.9 Å². The van der Waals surface area contributed by atoms with Crippen LogP contribution in [0.1, 0.15) is 31.6 Å². The minimum absolute atomic E-state index is 0.146. The molecule has 0 bridgehead atoms. The first-order valence-electron chi connectivity index (χ1n) is 7.39. The first-order chi connectivity index (χ1) is 9.65. The van der Waals surface area contributed by atoms with E-state index >= 15 is 0 Å². The van der Waals surface area contributed by atoms with Gasteiger partial charge in [0.2, 0.25) is 5.91 Å². The second-order valence-corrected chi connectivity index (χ2v) is 6.68. The van der Waals surface area contributed by atoms with Crippen LogP contribution in [0.4, 0.5) is 0 Å². The van der Waals surface area contributed by atoms with E-state index in [1.165, 1.54) is 6.42 Å². The highest BCUT2D eigenvalue weighted by molar-refractivity contribution is 7.10. The highest BCUT2D eigenvalue weighted by atomic mass is 32.1. The molecule has 1 unspecified atom stereocenters. The summed E-state index contributed by atoms with van der Waals surface area (Å²) in [4.78, 5) is 15.3. The topological polar surface area (TPSA) is 32.3 Å². The number of carbonyl (C=O) groups excluding carboxylic acids is 1. The van der Waals surface area contributed by atoms with Gasteiger partial charge in [0.25, 0.3) is 0 Å². The number of rotatable bonds is 5. The number of piperidine rings is 1. The molecule has 0 saturated carbocycles. The van der Waals surface area contributed by atoms with Gasteiger partial charge in [0, 0.05) is 30.1 Å². The molecule has 1 N–H and O–H groups in total. The molecule has 1 aliphatic rings. The maximum atomic E-state index is 12.2. The summed E-state index contributed by atoms with van der Waals surface area (Å²) < 4.78 is 0. The quantitative estimate of drug-likeness (QED) is 0.846.